The van der Waals surface area contributed by atoms with Crippen molar-refractivity contribution in [3.05, 3.63) is 74.7 Å². The summed E-state index contributed by atoms with van der Waals surface area (Å²) in [4.78, 5) is 36.7. The molecule has 1 saturated heterocycles. The third kappa shape index (κ3) is 4.40. The largest absolute Gasteiger partial charge is 0.490 e. The summed E-state index contributed by atoms with van der Waals surface area (Å²) in [6, 6.07) is 13.1. The lowest BCUT2D eigenvalue weighted by Crippen LogP contribution is -2.27. The van der Waals surface area contributed by atoms with Gasteiger partial charge in [-0.2, -0.15) is 0 Å². The molecular formula is C20H18N2O5S. The molecule has 1 fully saturated rings. The fourth-order valence-electron chi connectivity index (χ4n) is 2.64. The Morgan fingerprint density at radius 1 is 1.14 bits per heavy atom. The first kappa shape index (κ1) is 19.6. The average molecular weight is 398 g/mol. The maximum Gasteiger partial charge on any atom is 0.293 e. The molecule has 0 spiro atoms. The summed E-state index contributed by atoms with van der Waals surface area (Å²) in [6.45, 7) is 3.88. The number of carbonyl (C=O) groups is 2. The number of nitro groups is 1. The number of thioether (sulfide) groups is 1. The van der Waals surface area contributed by atoms with E-state index < -0.39 is 10.8 Å². The van der Waals surface area contributed by atoms with Crippen molar-refractivity contribution in [3.63, 3.8) is 0 Å². The zero-order chi connectivity index (χ0) is 20.3. The van der Waals surface area contributed by atoms with E-state index in [2.05, 4.69) is 0 Å². The number of nitrogens with zero attached hydrogens (tertiary/aromatic N) is 2. The Kier molecular flexibility index (Phi) is 5.79. The molecule has 1 heterocycles. The van der Waals surface area contributed by atoms with Crippen molar-refractivity contribution < 1.29 is 19.2 Å². The number of imide groups is 1. The predicted molar refractivity (Wildman–Crippen MR) is 107 cm³/mol. The summed E-state index contributed by atoms with van der Waals surface area (Å²) in [5.74, 6) is 0.243. The normalized spacial score (nSPS) is 15.5. The molecular weight excluding hydrogens is 380 g/mol. The molecule has 1 aliphatic heterocycles. The summed E-state index contributed by atoms with van der Waals surface area (Å²) < 4.78 is 5.75. The van der Waals surface area contributed by atoms with Crippen LogP contribution < -0.4 is 4.74 Å². The van der Waals surface area contributed by atoms with Crippen LogP contribution in [0, 0.1) is 10.1 Å². The highest BCUT2D eigenvalue weighted by Gasteiger charge is 2.35. The van der Waals surface area contributed by atoms with Gasteiger partial charge in [0.15, 0.2) is 0 Å². The van der Waals surface area contributed by atoms with Crippen LogP contribution in [0.4, 0.5) is 10.5 Å². The number of nitro benzene ring substituents is 1. The Bertz CT molecular complexity index is 953. The van der Waals surface area contributed by atoms with E-state index in [-0.39, 0.29) is 23.6 Å². The standard InChI is InChI=1S/C20H18N2O5S/c1-13(2)27-17-6-4-3-5-15(17)11-18-19(23)21(20(24)28-18)12-14-7-9-16(10-8-14)22(25)26/h3-11,13H,12H2,1-2H3/b18-11-. The van der Waals surface area contributed by atoms with E-state index in [4.69, 9.17) is 4.74 Å². The van der Waals surface area contributed by atoms with Crippen molar-refractivity contribution in [1.29, 1.82) is 0 Å². The molecule has 1 aliphatic rings. The molecule has 7 nitrogen and oxygen atoms in total. The second-order valence-electron chi connectivity index (χ2n) is 6.40. The number of amides is 2. The Labute approximate surface area is 166 Å². The lowest BCUT2D eigenvalue weighted by Gasteiger charge is -2.13. The van der Waals surface area contributed by atoms with Gasteiger partial charge in [0.05, 0.1) is 22.5 Å². The van der Waals surface area contributed by atoms with Gasteiger partial charge in [-0.25, -0.2) is 0 Å². The van der Waals surface area contributed by atoms with Crippen LogP contribution in [0.25, 0.3) is 6.08 Å². The molecule has 28 heavy (non-hydrogen) atoms. The number of carbonyl (C=O) groups excluding carboxylic acids is 2. The first-order chi connectivity index (χ1) is 13.3. The topological polar surface area (TPSA) is 89.8 Å². The summed E-state index contributed by atoms with van der Waals surface area (Å²) in [5, 5.41) is 10.4. The Morgan fingerprint density at radius 3 is 2.46 bits per heavy atom. The van der Waals surface area contributed by atoms with Crippen molar-refractivity contribution in [2.75, 3.05) is 0 Å². The van der Waals surface area contributed by atoms with Crippen molar-refractivity contribution in [3.8, 4) is 5.75 Å². The summed E-state index contributed by atoms with van der Waals surface area (Å²) in [7, 11) is 0. The molecule has 3 rings (SSSR count). The lowest BCUT2D eigenvalue weighted by atomic mass is 10.1. The first-order valence-electron chi connectivity index (χ1n) is 8.59. The van der Waals surface area contributed by atoms with Gasteiger partial charge in [0.2, 0.25) is 0 Å². The SMILES string of the molecule is CC(C)Oc1ccccc1/C=C1\SC(=O)N(Cc2ccc([N+](=O)[O-])cc2)C1=O. The van der Waals surface area contributed by atoms with Crippen LogP contribution in [0.15, 0.2) is 53.4 Å². The summed E-state index contributed by atoms with van der Waals surface area (Å²) in [6.07, 6.45) is 1.63. The van der Waals surface area contributed by atoms with Crippen LogP contribution in [0.3, 0.4) is 0 Å². The molecule has 0 bridgehead atoms. The van der Waals surface area contributed by atoms with E-state index in [1.165, 1.54) is 24.3 Å². The van der Waals surface area contributed by atoms with Gasteiger partial charge < -0.3 is 4.74 Å². The third-order valence-electron chi connectivity index (χ3n) is 3.93. The molecule has 2 aromatic rings. The van der Waals surface area contributed by atoms with E-state index in [1.54, 1.807) is 6.08 Å². The molecule has 0 atom stereocenters. The quantitative estimate of drug-likeness (QED) is 0.401. The highest BCUT2D eigenvalue weighted by molar-refractivity contribution is 8.18. The smallest absolute Gasteiger partial charge is 0.293 e. The Balaban J connectivity index is 1.80. The van der Waals surface area contributed by atoms with Crippen molar-refractivity contribution in [1.82, 2.24) is 4.90 Å². The number of non-ortho nitro benzene ring substituents is 1. The zero-order valence-corrected chi connectivity index (χ0v) is 16.1. The number of hydrogen-bond acceptors (Lipinski definition) is 6. The molecule has 2 aromatic carbocycles. The molecule has 0 unspecified atom stereocenters. The average Bonchev–Trinajstić information content (AvgIpc) is 2.91. The maximum absolute atomic E-state index is 12.7. The van der Waals surface area contributed by atoms with E-state index in [1.807, 2.05) is 38.1 Å². The van der Waals surface area contributed by atoms with Crippen LogP contribution >= 0.6 is 11.8 Å². The van der Waals surface area contributed by atoms with Crippen LogP contribution in [0.1, 0.15) is 25.0 Å². The lowest BCUT2D eigenvalue weighted by molar-refractivity contribution is -0.384. The number of ether oxygens (including phenoxy) is 1. The van der Waals surface area contributed by atoms with Gasteiger partial charge >= 0.3 is 0 Å². The highest BCUT2D eigenvalue weighted by Crippen LogP contribution is 2.35. The number of benzene rings is 2. The van der Waals surface area contributed by atoms with Gasteiger partial charge in [0.1, 0.15) is 5.75 Å². The molecule has 0 saturated carbocycles. The molecule has 144 valence electrons. The summed E-state index contributed by atoms with van der Waals surface area (Å²) >= 11 is 0.866. The third-order valence-corrected chi connectivity index (χ3v) is 4.84. The van der Waals surface area contributed by atoms with Gasteiger partial charge in [0, 0.05) is 17.7 Å². The van der Waals surface area contributed by atoms with Crippen LogP contribution in [0.5, 0.6) is 5.75 Å². The molecule has 8 heteroatoms. The minimum absolute atomic E-state index is 0.0215. The zero-order valence-electron chi connectivity index (χ0n) is 15.3. The molecule has 0 N–H and O–H groups in total. The number of rotatable bonds is 6. The van der Waals surface area contributed by atoms with Crippen LogP contribution in [-0.2, 0) is 11.3 Å². The first-order valence-corrected chi connectivity index (χ1v) is 9.41. The number of hydrogen-bond donors (Lipinski definition) is 0. The predicted octanol–water partition coefficient (Wildman–Crippen LogP) is 4.62. The van der Waals surface area contributed by atoms with E-state index >= 15 is 0 Å². The molecule has 2 amide bonds. The second-order valence-corrected chi connectivity index (χ2v) is 7.39. The van der Waals surface area contributed by atoms with E-state index in [0.717, 1.165) is 22.2 Å². The maximum atomic E-state index is 12.7. The minimum Gasteiger partial charge on any atom is -0.490 e. The van der Waals surface area contributed by atoms with Crippen LogP contribution in [-0.4, -0.2) is 27.1 Å². The van der Waals surface area contributed by atoms with Crippen molar-refractivity contribution in [2.24, 2.45) is 0 Å². The second kappa shape index (κ2) is 8.26. The van der Waals surface area contributed by atoms with Crippen LogP contribution in [0.2, 0.25) is 0 Å². The molecule has 0 radical (unpaired) electrons. The Hall–Kier alpha value is -3.13. The van der Waals surface area contributed by atoms with Gasteiger partial charge in [0.25, 0.3) is 16.8 Å². The number of para-hydroxylation sites is 1. The monoisotopic (exact) mass is 398 g/mol. The Morgan fingerprint density at radius 2 is 1.82 bits per heavy atom. The van der Waals surface area contributed by atoms with Crippen molar-refractivity contribution >= 4 is 34.7 Å². The minimum atomic E-state index is -0.497. The fourth-order valence-corrected chi connectivity index (χ4v) is 3.47. The van der Waals surface area contributed by atoms with E-state index in [9.17, 15) is 19.7 Å². The van der Waals surface area contributed by atoms with E-state index in [0.29, 0.717) is 16.2 Å². The van der Waals surface area contributed by atoms with Gasteiger partial charge in [-0.05, 0) is 43.3 Å². The fraction of sp³-hybridized carbons (Fsp3) is 0.200. The van der Waals surface area contributed by atoms with Gasteiger partial charge in [-0.3, -0.25) is 24.6 Å². The molecule has 0 aromatic heterocycles. The van der Waals surface area contributed by atoms with Gasteiger partial charge in [-0.15, -0.1) is 0 Å². The molecule has 0 aliphatic carbocycles. The summed E-state index contributed by atoms with van der Waals surface area (Å²) in [5.41, 5.74) is 1.31. The highest BCUT2D eigenvalue weighted by atomic mass is 32.2. The van der Waals surface area contributed by atoms with Gasteiger partial charge in [-0.1, -0.05) is 30.3 Å². The van der Waals surface area contributed by atoms with Crippen molar-refractivity contribution in [2.45, 2.75) is 26.5 Å².